The third kappa shape index (κ3) is 3.33. The Morgan fingerprint density at radius 3 is 2.95 bits per heavy atom. The van der Waals surface area contributed by atoms with E-state index in [9.17, 15) is 4.79 Å². The summed E-state index contributed by atoms with van der Waals surface area (Å²) in [6.07, 6.45) is 2.95. The molecule has 0 unspecified atom stereocenters. The maximum absolute atomic E-state index is 12.0. The quantitative estimate of drug-likeness (QED) is 0.925. The van der Waals surface area contributed by atoms with Crippen LogP contribution in [0.5, 0.6) is 11.5 Å². The number of benzene rings is 1. The zero-order chi connectivity index (χ0) is 14.7. The Morgan fingerprint density at radius 1 is 1.33 bits per heavy atom. The fraction of sp³-hybridized carbons (Fsp3) is 0.200. The van der Waals surface area contributed by atoms with E-state index in [-0.39, 0.29) is 12.0 Å². The maximum atomic E-state index is 12.0. The first-order valence-corrected chi connectivity index (χ1v) is 7.29. The zero-order valence-corrected chi connectivity index (χ0v) is 12.7. The van der Waals surface area contributed by atoms with Crippen LogP contribution in [0.3, 0.4) is 0 Å². The molecule has 3 rings (SSSR count). The first-order valence-electron chi connectivity index (χ1n) is 6.49. The van der Waals surface area contributed by atoms with E-state index in [1.165, 1.54) is 6.20 Å². The van der Waals surface area contributed by atoms with E-state index in [2.05, 4.69) is 26.2 Å². The summed E-state index contributed by atoms with van der Waals surface area (Å²) in [5, 5.41) is 2.82. The van der Waals surface area contributed by atoms with Crippen LogP contribution in [-0.4, -0.2) is 30.1 Å². The van der Waals surface area contributed by atoms with Gasteiger partial charge in [-0.25, -0.2) is 0 Å². The fourth-order valence-corrected chi connectivity index (χ4v) is 2.37. The van der Waals surface area contributed by atoms with Crippen LogP contribution in [0.4, 0.5) is 0 Å². The number of amides is 1. The van der Waals surface area contributed by atoms with E-state index in [0.29, 0.717) is 24.5 Å². The smallest absolute Gasteiger partial charge is 0.253 e. The number of para-hydroxylation sites is 2. The predicted molar refractivity (Wildman–Crippen MR) is 80.6 cm³/mol. The van der Waals surface area contributed by atoms with Crippen molar-refractivity contribution in [1.29, 1.82) is 0 Å². The van der Waals surface area contributed by atoms with Crippen LogP contribution >= 0.6 is 15.9 Å². The molecule has 6 heteroatoms. The van der Waals surface area contributed by atoms with Crippen molar-refractivity contribution in [2.45, 2.75) is 6.10 Å². The molecule has 1 N–H and O–H groups in total. The molecule has 0 aliphatic carbocycles. The van der Waals surface area contributed by atoms with Crippen molar-refractivity contribution in [3.05, 3.63) is 52.8 Å². The number of hydrogen-bond acceptors (Lipinski definition) is 4. The Hall–Kier alpha value is -2.08. The van der Waals surface area contributed by atoms with Gasteiger partial charge in [-0.2, -0.15) is 0 Å². The molecule has 0 bridgehead atoms. The van der Waals surface area contributed by atoms with Crippen LogP contribution in [-0.2, 0) is 0 Å². The summed E-state index contributed by atoms with van der Waals surface area (Å²) in [7, 11) is 0. The van der Waals surface area contributed by atoms with E-state index in [0.717, 1.165) is 10.2 Å². The molecule has 0 spiro atoms. The Balaban J connectivity index is 1.58. The molecule has 1 aromatic carbocycles. The molecule has 1 aliphatic rings. The summed E-state index contributed by atoms with van der Waals surface area (Å²) in [5.41, 5.74) is 0.501. The molecule has 108 valence electrons. The lowest BCUT2D eigenvalue weighted by Gasteiger charge is -2.26. The summed E-state index contributed by atoms with van der Waals surface area (Å²) in [6, 6.07) is 9.20. The van der Waals surface area contributed by atoms with Gasteiger partial charge in [-0.15, -0.1) is 0 Å². The molecule has 1 amide bonds. The SMILES string of the molecule is O=C(NC[C@@H]1COc2ccccc2O1)c1cncc(Br)c1. The van der Waals surface area contributed by atoms with Crippen molar-refractivity contribution in [1.82, 2.24) is 10.3 Å². The molecule has 0 fully saturated rings. The Morgan fingerprint density at radius 2 is 2.14 bits per heavy atom. The molecule has 21 heavy (non-hydrogen) atoms. The standard InChI is InChI=1S/C15H13BrN2O3/c16-11-5-10(6-17-7-11)15(19)18-8-12-9-20-13-3-1-2-4-14(13)21-12/h1-7,12H,8-9H2,(H,18,19)/t12-/m1/s1. The van der Waals surface area contributed by atoms with E-state index < -0.39 is 0 Å². The van der Waals surface area contributed by atoms with Crippen molar-refractivity contribution in [3.63, 3.8) is 0 Å². The van der Waals surface area contributed by atoms with Crippen molar-refractivity contribution in [2.24, 2.45) is 0 Å². The minimum atomic E-state index is -0.205. The second kappa shape index (κ2) is 6.13. The van der Waals surface area contributed by atoms with Gasteiger partial charge in [-0.05, 0) is 34.1 Å². The number of fused-ring (bicyclic) bond motifs is 1. The Kier molecular flexibility index (Phi) is 4.06. The maximum Gasteiger partial charge on any atom is 0.253 e. The van der Waals surface area contributed by atoms with Crippen molar-refractivity contribution >= 4 is 21.8 Å². The first-order chi connectivity index (χ1) is 10.2. The average molecular weight is 349 g/mol. The zero-order valence-electron chi connectivity index (χ0n) is 11.1. The van der Waals surface area contributed by atoms with Crippen LogP contribution < -0.4 is 14.8 Å². The van der Waals surface area contributed by atoms with Gasteiger partial charge in [0.25, 0.3) is 5.91 Å². The van der Waals surface area contributed by atoms with Crippen LogP contribution in [0.1, 0.15) is 10.4 Å². The molecule has 2 aromatic rings. The summed E-state index contributed by atoms with van der Waals surface area (Å²) < 4.78 is 12.1. The molecule has 1 aromatic heterocycles. The van der Waals surface area contributed by atoms with Crippen LogP contribution in [0.15, 0.2) is 47.2 Å². The second-order valence-electron chi connectivity index (χ2n) is 4.60. The number of ether oxygens (including phenoxy) is 2. The number of carbonyl (C=O) groups is 1. The van der Waals surface area contributed by atoms with Gasteiger partial charge in [0.1, 0.15) is 12.7 Å². The summed E-state index contributed by atoms with van der Waals surface area (Å²) >= 11 is 3.29. The lowest BCUT2D eigenvalue weighted by molar-refractivity contribution is 0.0789. The van der Waals surface area contributed by atoms with Crippen LogP contribution in [0.2, 0.25) is 0 Å². The highest BCUT2D eigenvalue weighted by molar-refractivity contribution is 9.10. The van der Waals surface area contributed by atoms with Gasteiger partial charge in [0.05, 0.1) is 12.1 Å². The number of hydrogen-bond donors (Lipinski definition) is 1. The average Bonchev–Trinajstić information content (AvgIpc) is 2.52. The third-order valence-electron chi connectivity index (χ3n) is 3.02. The number of pyridine rings is 1. The Labute approximate surface area is 130 Å². The Bertz CT molecular complexity index is 663. The van der Waals surface area contributed by atoms with Gasteiger partial charge < -0.3 is 14.8 Å². The third-order valence-corrected chi connectivity index (χ3v) is 3.46. The summed E-state index contributed by atoms with van der Waals surface area (Å²) in [4.78, 5) is 16.0. The van der Waals surface area contributed by atoms with Crippen molar-refractivity contribution in [3.8, 4) is 11.5 Å². The number of rotatable bonds is 3. The molecule has 0 saturated heterocycles. The molecular formula is C15H13BrN2O3. The lowest BCUT2D eigenvalue weighted by Crippen LogP contribution is -2.40. The number of nitrogens with zero attached hydrogens (tertiary/aromatic N) is 1. The minimum Gasteiger partial charge on any atom is -0.486 e. The van der Waals surface area contributed by atoms with Gasteiger partial charge >= 0.3 is 0 Å². The number of aromatic nitrogens is 1. The molecule has 5 nitrogen and oxygen atoms in total. The molecule has 1 atom stereocenters. The molecular weight excluding hydrogens is 336 g/mol. The van der Waals surface area contributed by atoms with Gasteiger partial charge in [-0.1, -0.05) is 12.1 Å². The van der Waals surface area contributed by atoms with E-state index >= 15 is 0 Å². The van der Waals surface area contributed by atoms with Gasteiger partial charge in [0, 0.05) is 16.9 Å². The lowest BCUT2D eigenvalue weighted by atomic mass is 10.2. The second-order valence-corrected chi connectivity index (χ2v) is 5.52. The van der Waals surface area contributed by atoms with E-state index in [1.807, 2.05) is 24.3 Å². The van der Waals surface area contributed by atoms with Gasteiger partial charge in [0.15, 0.2) is 11.5 Å². The topological polar surface area (TPSA) is 60.5 Å². The molecule has 1 aliphatic heterocycles. The minimum absolute atomic E-state index is 0.189. The number of halogens is 1. The molecule has 0 radical (unpaired) electrons. The summed E-state index contributed by atoms with van der Waals surface area (Å²) in [6.45, 7) is 0.785. The highest BCUT2D eigenvalue weighted by atomic mass is 79.9. The van der Waals surface area contributed by atoms with Gasteiger partial charge in [0.2, 0.25) is 0 Å². The highest BCUT2D eigenvalue weighted by Crippen LogP contribution is 2.30. The van der Waals surface area contributed by atoms with E-state index in [1.54, 1.807) is 12.3 Å². The largest absolute Gasteiger partial charge is 0.486 e. The van der Waals surface area contributed by atoms with Gasteiger partial charge in [-0.3, -0.25) is 9.78 Å². The molecule has 0 saturated carbocycles. The highest BCUT2D eigenvalue weighted by Gasteiger charge is 2.21. The number of carbonyl (C=O) groups excluding carboxylic acids is 1. The number of nitrogens with one attached hydrogen (secondary N) is 1. The molecule has 2 heterocycles. The monoisotopic (exact) mass is 348 g/mol. The van der Waals surface area contributed by atoms with E-state index in [4.69, 9.17) is 9.47 Å². The van der Waals surface area contributed by atoms with Crippen molar-refractivity contribution < 1.29 is 14.3 Å². The normalized spacial score (nSPS) is 16.3. The van der Waals surface area contributed by atoms with Crippen LogP contribution in [0.25, 0.3) is 0 Å². The fourth-order valence-electron chi connectivity index (χ4n) is 2.01. The van der Waals surface area contributed by atoms with Crippen LogP contribution in [0, 0.1) is 0 Å². The summed E-state index contributed by atoms with van der Waals surface area (Å²) in [5.74, 6) is 1.25. The van der Waals surface area contributed by atoms with Crippen molar-refractivity contribution in [2.75, 3.05) is 13.2 Å². The first kappa shape index (κ1) is 13.9. The predicted octanol–water partition coefficient (Wildman–Crippen LogP) is 2.41.